The maximum absolute atomic E-state index is 14.7. The third-order valence-corrected chi connectivity index (χ3v) is 4.44. The molecule has 1 aliphatic heterocycles. The molecule has 1 fully saturated rings. The van der Waals surface area contributed by atoms with Crippen LogP contribution in [0.4, 0.5) is 4.39 Å². The first-order valence-corrected chi connectivity index (χ1v) is 7.67. The molecule has 0 saturated heterocycles. The topological polar surface area (TPSA) is 55.8 Å². The summed E-state index contributed by atoms with van der Waals surface area (Å²) in [6.07, 6.45) is 2.33. The van der Waals surface area contributed by atoms with E-state index in [1.165, 1.54) is 13.8 Å². The van der Waals surface area contributed by atoms with Crippen molar-refractivity contribution in [1.29, 1.82) is 0 Å². The molecule has 0 bridgehead atoms. The smallest absolute Gasteiger partial charge is 0.304 e. The molecule has 120 valence electrons. The Morgan fingerprint density at radius 3 is 2.36 bits per heavy atom. The fourth-order valence-electron chi connectivity index (χ4n) is 3.12. The monoisotopic (exact) mass is 308 g/mol. The molecule has 3 rings (SSSR count). The highest BCUT2D eigenvalue weighted by Crippen LogP contribution is 2.55. The summed E-state index contributed by atoms with van der Waals surface area (Å²) in [5.41, 5.74) is -0.759. The minimum absolute atomic E-state index is 0.0235. The number of ether oxygens (including phenoxy) is 2. The van der Waals surface area contributed by atoms with E-state index in [4.69, 9.17) is 9.47 Å². The number of hydrogen-bond donors (Lipinski definition) is 1. The molecule has 1 aromatic carbocycles. The highest BCUT2D eigenvalue weighted by molar-refractivity contribution is 5.71. The van der Waals surface area contributed by atoms with Gasteiger partial charge in [0.15, 0.2) is 11.5 Å². The number of carboxylic acid groups (broad SMARTS) is 1. The molecule has 5 heteroatoms. The van der Waals surface area contributed by atoms with E-state index in [1.807, 2.05) is 0 Å². The molecule has 1 aromatic rings. The van der Waals surface area contributed by atoms with Gasteiger partial charge in [0.1, 0.15) is 5.67 Å². The maximum atomic E-state index is 14.7. The van der Waals surface area contributed by atoms with Gasteiger partial charge in [0.2, 0.25) is 0 Å². The zero-order chi connectivity index (χ0) is 16.0. The van der Waals surface area contributed by atoms with E-state index in [0.29, 0.717) is 30.3 Å². The lowest BCUT2D eigenvalue weighted by atomic mass is 9.83. The van der Waals surface area contributed by atoms with E-state index in [9.17, 15) is 14.3 Å². The lowest BCUT2D eigenvalue weighted by Crippen LogP contribution is -2.21. The van der Waals surface area contributed by atoms with Crippen LogP contribution >= 0.6 is 0 Å². The Morgan fingerprint density at radius 1 is 1.27 bits per heavy atom. The van der Waals surface area contributed by atoms with Crippen LogP contribution in [-0.2, 0) is 15.9 Å². The molecule has 0 atom stereocenters. The summed E-state index contributed by atoms with van der Waals surface area (Å²) in [7, 11) is 0. The van der Waals surface area contributed by atoms with Gasteiger partial charge in [-0.05, 0) is 49.9 Å². The number of fused-ring (bicyclic) bond motifs is 1. The number of benzene rings is 1. The van der Waals surface area contributed by atoms with Crippen molar-refractivity contribution < 1.29 is 23.8 Å². The molecule has 1 saturated carbocycles. The number of carbonyl (C=O) groups is 1. The van der Waals surface area contributed by atoms with Crippen LogP contribution in [0.5, 0.6) is 11.5 Å². The molecular formula is C17H21FO4. The highest BCUT2D eigenvalue weighted by atomic mass is 19.1. The molecule has 0 spiro atoms. The van der Waals surface area contributed by atoms with Crippen molar-refractivity contribution in [1.82, 2.24) is 0 Å². The van der Waals surface area contributed by atoms with E-state index < -0.39 is 17.1 Å². The van der Waals surface area contributed by atoms with Crippen LogP contribution in [0.1, 0.15) is 50.7 Å². The Bertz CT molecular complexity index is 599. The number of carboxylic acids is 1. The largest absolute Gasteiger partial charge is 0.490 e. The van der Waals surface area contributed by atoms with Gasteiger partial charge in [-0.1, -0.05) is 0 Å². The molecule has 4 nitrogen and oxygen atoms in total. The second-order valence-electron chi connectivity index (χ2n) is 6.72. The molecule has 1 aliphatic carbocycles. The summed E-state index contributed by atoms with van der Waals surface area (Å²) in [6.45, 7) is 4.08. The van der Waals surface area contributed by atoms with Crippen molar-refractivity contribution in [3.05, 3.63) is 23.3 Å². The van der Waals surface area contributed by atoms with Crippen LogP contribution in [0.15, 0.2) is 12.1 Å². The van der Waals surface area contributed by atoms with Crippen LogP contribution in [0.2, 0.25) is 0 Å². The SMILES string of the molecule is CC(C)(F)c1cc2c(cc1C1(CC(=O)O)CC1)OCCCO2. The van der Waals surface area contributed by atoms with Crippen LogP contribution in [0.3, 0.4) is 0 Å². The van der Waals surface area contributed by atoms with Gasteiger partial charge in [0.25, 0.3) is 0 Å². The Balaban J connectivity index is 2.11. The Labute approximate surface area is 129 Å². The summed E-state index contributed by atoms with van der Waals surface area (Å²) >= 11 is 0. The molecule has 2 aliphatic rings. The van der Waals surface area contributed by atoms with Crippen molar-refractivity contribution in [3.63, 3.8) is 0 Å². The average Bonchev–Trinajstić information content (AvgIpc) is 3.19. The van der Waals surface area contributed by atoms with E-state index in [2.05, 4.69) is 0 Å². The van der Waals surface area contributed by atoms with Crippen LogP contribution in [0.25, 0.3) is 0 Å². The maximum Gasteiger partial charge on any atom is 0.304 e. The van der Waals surface area contributed by atoms with Crippen molar-refractivity contribution in [2.45, 2.75) is 50.6 Å². The van der Waals surface area contributed by atoms with Gasteiger partial charge < -0.3 is 14.6 Å². The Hall–Kier alpha value is -1.78. The number of aliphatic carboxylic acids is 1. The summed E-state index contributed by atoms with van der Waals surface area (Å²) in [5, 5.41) is 9.18. The second kappa shape index (κ2) is 5.14. The predicted molar refractivity (Wildman–Crippen MR) is 79.3 cm³/mol. The fraction of sp³-hybridized carbons (Fsp3) is 0.588. The molecule has 22 heavy (non-hydrogen) atoms. The van der Waals surface area contributed by atoms with E-state index in [1.54, 1.807) is 12.1 Å². The van der Waals surface area contributed by atoms with Crippen LogP contribution < -0.4 is 9.47 Å². The summed E-state index contributed by atoms with van der Waals surface area (Å²) in [5.74, 6) is 0.289. The molecule has 0 amide bonds. The van der Waals surface area contributed by atoms with Gasteiger partial charge in [0.05, 0.1) is 19.6 Å². The van der Waals surface area contributed by atoms with Gasteiger partial charge >= 0.3 is 5.97 Å². The van der Waals surface area contributed by atoms with Gasteiger partial charge in [-0.3, -0.25) is 4.79 Å². The zero-order valence-corrected chi connectivity index (χ0v) is 12.9. The number of alkyl halides is 1. The molecule has 0 unspecified atom stereocenters. The minimum Gasteiger partial charge on any atom is -0.490 e. The van der Waals surface area contributed by atoms with Gasteiger partial charge in [-0.25, -0.2) is 4.39 Å². The molecule has 0 radical (unpaired) electrons. The van der Waals surface area contributed by atoms with E-state index in [-0.39, 0.29) is 6.42 Å². The second-order valence-corrected chi connectivity index (χ2v) is 6.72. The third-order valence-electron chi connectivity index (χ3n) is 4.44. The van der Waals surface area contributed by atoms with Gasteiger partial charge in [0, 0.05) is 11.8 Å². The first-order valence-electron chi connectivity index (χ1n) is 7.67. The van der Waals surface area contributed by atoms with Crippen LogP contribution in [-0.4, -0.2) is 24.3 Å². The number of rotatable bonds is 4. The lowest BCUT2D eigenvalue weighted by molar-refractivity contribution is -0.137. The Morgan fingerprint density at radius 2 is 1.86 bits per heavy atom. The molecular weight excluding hydrogens is 287 g/mol. The quantitative estimate of drug-likeness (QED) is 0.924. The predicted octanol–water partition coefficient (Wildman–Crippen LogP) is 3.56. The third kappa shape index (κ3) is 2.76. The highest BCUT2D eigenvalue weighted by Gasteiger charge is 2.49. The van der Waals surface area contributed by atoms with Crippen molar-refractivity contribution in [2.24, 2.45) is 0 Å². The first kappa shape index (κ1) is 15.1. The number of hydrogen-bond acceptors (Lipinski definition) is 3. The van der Waals surface area contributed by atoms with Crippen molar-refractivity contribution in [2.75, 3.05) is 13.2 Å². The lowest BCUT2D eigenvalue weighted by Gasteiger charge is -2.26. The van der Waals surface area contributed by atoms with Crippen LogP contribution in [0, 0.1) is 0 Å². The van der Waals surface area contributed by atoms with Crippen molar-refractivity contribution >= 4 is 5.97 Å². The zero-order valence-electron chi connectivity index (χ0n) is 12.9. The summed E-state index contributed by atoms with van der Waals surface area (Å²) in [4.78, 5) is 11.2. The molecule has 0 aromatic heterocycles. The minimum atomic E-state index is -1.56. The Kier molecular flexibility index (Phi) is 3.54. The summed E-state index contributed by atoms with van der Waals surface area (Å²) in [6, 6.07) is 3.49. The van der Waals surface area contributed by atoms with E-state index in [0.717, 1.165) is 24.8 Å². The molecule has 1 heterocycles. The van der Waals surface area contributed by atoms with Gasteiger partial charge in [-0.15, -0.1) is 0 Å². The van der Waals surface area contributed by atoms with Gasteiger partial charge in [-0.2, -0.15) is 0 Å². The molecule has 1 N–H and O–H groups in total. The normalized spacial score (nSPS) is 19.4. The first-order chi connectivity index (χ1) is 10.3. The van der Waals surface area contributed by atoms with E-state index >= 15 is 0 Å². The van der Waals surface area contributed by atoms with Crippen molar-refractivity contribution in [3.8, 4) is 11.5 Å². The number of halogens is 1. The standard InChI is InChI=1S/C17H21FO4/c1-16(2,18)11-8-13-14(22-7-3-6-21-13)9-12(11)17(4-5-17)10-15(19)20/h8-9H,3-7,10H2,1-2H3,(H,19,20). The summed E-state index contributed by atoms with van der Waals surface area (Å²) < 4.78 is 26.0. The fourth-order valence-corrected chi connectivity index (χ4v) is 3.12. The average molecular weight is 308 g/mol.